The number of oxazole rings is 1. The maximum Gasteiger partial charge on any atom is 0.227 e. The second-order valence-electron chi connectivity index (χ2n) is 3.99. The molecule has 92 valence electrons. The fourth-order valence-electron chi connectivity index (χ4n) is 1.82. The lowest BCUT2D eigenvalue weighted by molar-refractivity contribution is 0.620. The van der Waals surface area contributed by atoms with Crippen LogP contribution in [0, 0.1) is 0 Å². The third-order valence-electron chi connectivity index (χ3n) is 2.66. The average molecular weight is 251 g/mol. The second-order valence-corrected chi connectivity index (χ2v) is 3.99. The molecule has 0 atom stereocenters. The molecule has 0 unspecified atom stereocenters. The fourth-order valence-corrected chi connectivity index (χ4v) is 1.82. The Labute approximate surface area is 108 Å². The van der Waals surface area contributed by atoms with E-state index in [4.69, 9.17) is 15.7 Å². The highest BCUT2D eigenvalue weighted by molar-refractivity contribution is 5.79. The van der Waals surface area contributed by atoms with Crippen molar-refractivity contribution in [3.8, 4) is 11.5 Å². The normalized spacial score (nSPS) is 10.3. The maximum atomic E-state index is 8.43. The van der Waals surface area contributed by atoms with Crippen LogP contribution in [0.2, 0.25) is 0 Å². The van der Waals surface area contributed by atoms with Gasteiger partial charge in [0.15, 0.2) is 5.58 Å². The molecule has 0 radical (unpaired) electrons. The standard InChI is InChI=1S/C13H9N5O/c14-9-4-5-12-11(7-9)16-13(19-12)8-2-1-3-10(6-8)17-18-15/h1-7H,14H2. The summed E-state index contributed by atoms with van der Waals surface area (Å²) in [6, 6.07) is 12.3. The summed E-state index contributed by atoms with van der Waals surface area (Å²) in [5.41, 5.74) is 17.4. The maximum absolute atomic E-state index is 8.43. The summed E-state index contributed by atoms with van der Waals surface area (Å²) in [6.07, 6.45) is 0. The zero-order chi connectivity index (χ0) is 13.2. The van der Waals surface area contributed by atoms with E-state index in [9.17, 15) is 0 Å². The van der Waals surface area contributed by atoms with Crippen LogP contribution in [0.4, 0.5) is 11.4 Å². The zero-order valence-corrected chi connectivity index (χ0v) is 9.82. The monoisotopic (exact) mass is 251 g/mol. The summed E-state index contributed by atoms with van der Waals surface area (Å²) in [5, 5.41) is 3.55. The first-order valence-corrected chi connectivity index (χ1v) is 5.58. The number of nitrogens with two attached hydrogens (primary N) is 1. The molecule has 0 bridgehead atoms. The van der Waals surface area contributed by atoms with Crippen LogP contribution in [0.25, 0.3) is 33.0 Å². The molecule has 2 aromatic carbocycles. The van der Waals surface area contributed by atoms with E-state index in [0.717, 1.165) is 5.56 Å². The summed E-state index contributed by atoms with van der Waals surface area (Å²) < 4.78 is 5.64. The van der Waals surface area contributed by atoms with Crippen LogP contribution in [-0.4, -0.2) is 4.98 Å². The third-order valence-corrected chi connectivity index (χ3v) is 2.66. The van der Waals surface area contributed by atoms with Gasteiger partial charge in [0.25, 0.3) is 0 Å². The van der Waals surface area contributed by atoms with Crippen molar-refractivity contribution < 1.29 is 4.42 Å². The number of hydrogen-bond donors (Lipinski definition) is 1. The van der Waals surface area contributed by atoms with Crippen molar-refractivity contribution in [2.45, 2.75) is 0 Å². The summed E-state index contributed by atoms with van der Waals surface area (Å²) in [7, 11) is 0. The highest BCUT2D eigenvalue weighted by atomic mass is 16.3. The number of hydrogen-bond acceptors (Lipinski definition) is 4. The van der Waals surface area contributed by atoms with Crippen LogP contribution in [0.3, 0.4) is 0 Å². The van der Waals surface area contributed by atoms with Gasteiger partial charge in [0.1, 0.15) is 5.52 Å². The van der Waals surface area contributed by atoms with E-state index in [1.807, 2.05) is 6.07 Å². The molecular weight excluding hydrogens is 242 g/mol. The van der Waals surface area contributed by atoms with Crippen molar-refractivity contribution in [3.63, 3.8) is 0 Å². The van der Waals surface area contributed by atoms with E-state index < -0.39 is 0 Å². The molecule has 0 saturated heterocycles. The van der Waals surface area contributed by atoms with Crippen LogP contribution in [0.15, 0.2) is 52.0 Å². The van der Waals surface area contributed by atoms with Gasteiger partial charge in [0.2, 0.25) is 5.89 Å². The van der Waals surface area contributed by atoms with Gasteiger partial charge in [-0.1, -0.05) is 17.2 Å². The molecule has 6 nitrogen and oxygen atoms in total. The zero-order valence-electron chi connectivity index (χ0n) is 9.82. The number of aromatic nitrogens is 1. The third kappa shape index (κ3) is 2.08. The number of anilines is 1. The van der Waals surface area contributed by atoms with Crippen LogP contribution in [0.1, 0.15) is 0 Å². The van der Waals surface area contributed by atoms with Gasteiger partial charge >= 0.3 is 0 Å². The van der Waals surface area contributed by atoms with Crippen molar-refractivity contribution in [2.24, 2.45) is 5.11 Å². The van der Waals surface area contributed by atoms with Gasteiger partial charge < -0.3 is 10.2 Å². The molecule has 0 aliphatic carbocycles. The Bertz CT molecular complexity index is 802. The van der Waals surface area contributed by atoms with Crippen molar-refractivity contribution in [2.75, 3.05) is 5.73 Å². The van der Waals surface area contributed by atoms with Crippen molar-refractivity contribution >= 4 is 22.5 Å². The molecule has 0 aliphatic heterocycles. The van der Waals surface area contributed by atoms with Crippen molar-refractivity contribution in [1.82, 2.24) is 4.98 Å². The van der Waals surface area contributed by atoms with Gasteiger partial charge in [0, 0.05) is 21.8 Å². The Morgan fingerprint density at radius 2 is 2.11 bits per heavy atom. The smallest absolute Gasteiger partial charge is 0.227 e. The van der Waals surface area contributed by atoms with E-state index in [2.05, 4.69) is 15.0 Å². The largest absolute Gasteiger partial charge is 0.436 e. The fraction of sp³-hybridized carbons (Fsp3) is 0. The molecule has 3 rings (SSSR count). The second kappa shape index (κ2) is 4.36. The molecule has 2 N–H and O–H groups in total. The molecule has 0 saturated carbocycles. The number of azide groups is 1. The number of rotatable bonds is 2. The summed E-state index contributed by atoms with van der Waals surface area (Å²) >= 11 is 0. The van der Waals surface area contributed by atoms with E-state index in [0.29, 0.717) is 28.4 Å². The van der Waals surface area contributed by atoms with E-state index in [-0.39, 0.29) is 0 Å². The predicted octanol–water partition coefficient (Wildman–Crippen LogP) is 4.02. The van der Waals surface area contributed by atoms with Gasteiger partial charge in [-0.05, 0) is 35.9 Å². The first kappa shape index (κ1) is 11.1. The molecular formula is C13H9N5O. The van der Waals surface area contributed by atoms with Crippen molar-refractivity contribution in [3.05, 3.63) is 52.9 Å². The Morgan fingerprint density at radius 1 is 1.21 bits per heavy atom. The lowest BCUT2D eigenvalue weighted by Crippen LogP contribution is -1.82. The summed E-state index contributed by atoms with van der Waals surface area (Å²) in [6.45, 7) is 0. The Kier molecular flexibility index (Phi) is 2.55. The molecule has 0 spiro atoms. The first-order valence-electron chi connectivity index (χ1n) is 5.58. The Balaban J connectivity index is 2.13. The molecule has 0 amide bonds. The minimum atomic E-state index is 0.468. The Morgan fingerprint density at radius 3 is 2.95 bits per heavy atom. The van der Waals surface area contributed by atoms with E-state index in [1.165, 1.54) is 0 Å². The summed E-state index contributed by atoms with van der Waals surface area (Å²) in [5.74, 6) is 0.468. The predicted molar refractivity (Wildman–Crippen MR) is 72.7 cm³/mol. The lowest BCUT2D eigenvalue weighted by Gasteiger charge is -1.95. The molecule has 3 aromatic rings. The number of nitrogens with zero attached hydrogens (tertiary/aromatic N) is 4. The van der Waals surface area contributed by atoms with Gasteiger partial charge in [-0.15, -0.1) is 0 Å². The van der Waals surface area contributed by atoms with E-state index >= 15 is 0 Å². The van der Waals surface area contributed by atoms with Gasteiger partial charge in [-0.25, -0.2) is 4.98 Å². The van der Waals surface area contributed by atoms with Gasteiger partial charge in [-0.3, -0.25) is 0 Å². The number of fused-ring (bicyclic) bond motifs is 1. The van der Waals surface area contributed by atoms with E-state index in [1.54, 1.807) is 36.4 Å². The summed E-state index contributed by atoms with van der Waals surface area (Å²) in [4.78, 5) is 7.12. The van der Waals surface area contributed by atoms with Crippen LogP contribution in [0.5, 0.6) is 0 Å². The minimum Gasteiger partial charge on any atom is -0.436 e. The van der Waals surface area contributed by atoms with Crippen LogP contribution >= 0.6 is 0 Å². The van der Waals surface area contributed by atoms with Crippen LogP contribution in [-0.2, 0) is 0 Å². The van der Waals surface area contributed by atoms with Crippen LogP contribution < -0.4 is 5.73 Å². The SMILES string of the molecule is [N-]=[N+]=Nc1cccc(-c2nc3cc(N)ccc3o2)c1. The minimum absolute atomic E-state index is 0.468. The molecule has 1 heterocycles. The number of nitrogen functional groups attached to an aromatic ring is 1. The Hall–Kier alpha value is -2.98. The highest BCUT2D eigenvalue weighted by Gasteiger charge is 2.08. The van der Waals surface area contributed by atoms with Gasteiger partial charge in [0.05, 0.1) is 0 Å². The topological polar surface area (TPSA) is 101 Å². The van der Waals surface area contributed by atoms with Gasteiger partial charge in [-0.2, -0.15) is 0 Å². The quantitative estimate of drug-likeness (QED) is 0.322. The highest BCUT2D eigenvalue weighted by Crippen LogP contribution is 2.27. The number of benzene rings is 2. The lowest BCUT2D eigenvalue weighted by atomic mass is 10.2. The first-order chi connectivity index (χ1) is 9.26. The molecule has 6 heteroatoms. The molecule has 1 aromatic heterocycles. The molecule has 19 heavy (non-hydrogen) atoms. The van der Waals surface area contributed by atoms with Crippen molar-refractivity contribution in [1.29, 1.82) is 0 Å². The molecule has 0 aliphatic rings. The molecule has 0 fully saturated rings. The average Bonchev–Trinajstić information content (AvgIpc) is 2.82.